The summed E-state index contributed by atoms with van der Waals surface area (Å²) in [7, 11) is 0. The Balaban J connectivity index is 2.54. The van der Waals surface area contributed by atoms with E-state index in [1.54, 1.807) is 0 Å². The van der Waals surface area contributed by atoms with Gasteiger partial charge in [0.1, 0.15) is 5.75 Å². The van der Waals surface area contributed by atoms with Gasteiger partial charge in [-0.15, -0.1) is 0 Å². The van der Waals surface area contributed by atoms with Crippen LogP contribution in [0.1, 0.15) is 65.0 Å². The third-order valence-corrected chi connectivity index (χ3v) is 3.97. The molecule has 0 heterocycles. The molecule has 114 valence electrons. The second-order valence-corrected chi connectivity index (χ2v) is 5.48. The molecule has 1 aromatic rings. The average molecular weight is 277 g/mol. The Morgan fingerprint density at radius 1 is 0.950 bits per heavy atom. The Morgan fingerprint density at radius 3 is 2.10 bits per heavy atom. The topological polar surface area (TPSA) is 21.3 Å². The fourth-order valence-electron chi connectivity index (χ4n) is 2.35. The predicted molar refractivity (Wildman–Crippen MR) is 87.3 cm³/mol. The van der Waals surface area contributed by atoms with Crippen molar-refractivity contribution in [3.05, 3.63) is 29.8 Å². The molecule has 0 amide bonds. The minimum Gasteiger partial charge on any atom is -0.493 e. The molecule has 0 spiro atoms. The lowest BCUT2D eigenvalue weighted by Crippen LogP contribution is -2.21. The van der Waals surface area contributed by atoms with E-state index in [-0.39, 0.29) is 0 Å². The molecule has 0 aromatic heterocycles. The van der Waals surface area contributed by atoms with Gasteiger partial charge in [0.05, 0.1) is 6.61 Å². The Kier molecular flexibility index (Phi) is 8.36. The Labute approximate surface area is 124 Å². The van der Waals surface area contributed by atoms with E-state index in [2.05, 4.69) is 57.3 Å². The van der Waals surface area contributed by atoms with Crippen LogP contribution in [-0.2, 0) is 0 Å². The van der Waals surface area contributed by atoms with E-state index in [9.17, 15) is 0 Å². The number of hydrogen-bond donors (Lipinski definition) is 1. The number of hydrogen-bond acceptors (Lipinski definition) is 2. The van der Waals surface area contributed by atoms with Crippen molar-refractivity contribution >= 4 is 0 Å². The monoisotopic (exact) mass is 277 g/mol. The lowest BCUT2D eigenvalue weighted by Gasteiger charge is -2.18. The van der Waals surface area contributed by atoms with Gasteiger partial charge in [-0.05, 0) is 43.0 Å². The van der Waals surface area contributed by atoms with Crippen LogP contribution in [0.15, 0.2) is 24.3 Å². The molecule has 0 radical (unpaired) electrons. The van der Waals surface area contributed by atoms with Gasteiger partial charge in [-0.3, -0.25) is 0 Å². The lowest BCUT2D eigenvalue weighted by molar-refractivity contribution is 0.240. The number of benzene rings is 1. The van der Waals surface area contributed by atoms with E-state index in [4.69, 9.17) is 4.74 Å². The van der Waals surface area contributed by atoms with Crippen molar-refractivity contribution < 1.29 is 4.74 Å². The summed E-state index contributed by atoms with van der Waals surface area (Å²) in [5, 5.41) is 3.58. The Morgan fingerprint density at radius 2 is 1.60 bits per heavy atom. The number of ether oxygens (including phenoxy) is 1. The summed E-state index contributed by atoms with van der Waals surface area (Å²) in [6, 6.07) is 9.06. The van der Waals surface area contributed by atoms with Gasteiger partial charge in [-0.25, -0.2) is 0 Å². The van der Waals surface area contributed by atoms with Crippen LogP contribution in [0.3, 0.4) is 0 Å². The zero-order chi connectivity index (χ0) is 14.8. The first kappa shape index (κ1) is 17.0. The molecular formula is C18H31NO. The lowest BCUT2D eigenvalue weighted by atomic mass is 10.0. The summed E-state index contributed by atoms with van der Waals surface area (Å²) in [5.41, 5.74) is 1.36. The van der Waals surface area contributed by atoms with Crippen molar-refractivity contribution in [3.63, 3.8) is 0 Å². The first-order valence-corrected chi connectivity index (χ1v) is 8.21. The third kappa shape index (κ3) is 5.54. The summed E-state index contributed by atoms with van der Waals surface area (Å²) in [6.07, 6.45) is 4.67. The molecular weight excluding hydrogens is 246 g/mol. The Bertz CT molecular complexity index is 343. The zero-order valence-corrected chi connectivity index (χ0v) is 13.6. The second-order valence-electron chi connectivity index (χ2n) is 5.48. The van der Waals surface area contributed by atoms with Crippen LogP contribution in [0.25, 0.3) is 0 Å². The number of rotatable bonds is 10. The molecule has 20 heavy (non-hydrogen) atoms. The molecule has 0 saturated carbocycles. The molecule has 2 nitrogen and oxygen atoms in total. The van der Waals surface area contributed by atoms with Gasteiger partial charge in [-0.2, -0.15) is 0 Å². The SMILES string of the molecule is CCCNC(CC)c1ccc(OCC(CC)CC)cc1. The highest BCUT2D eigenvalue weighted by atomic mass is 16.5. The molecule has 0 aliphatic carbocycles. The molecule has 1 rings (SSSR count). The molecule has 1 aromatic carbocycles. The molecule has 0 saturated heterocycles. The number of nitrogens with one attached hydrogen (secondary N) is 1. The van der Waals surface area contributed by atoms with Crippen LogP contribution >= 0.6 is 0 Å². The highest BCUT2D eigenvalue weighted by molar-refractivity contribution is 5.29. The van der Waals surface area contributed by atoms with Crippen LogP contribution in [0.5, 0.6) is 5.75 Å². The van der Waals surface area contributed by atoms with E-state index < -0.39 is 0 Å². The third-order valence-electron chi connectivity index (χ3n) is 3.97. The van der Waals surface area contributed by atoms with Gasteiger partial charge in [0.2, 0.25) is 0 Å². The van der Waals surface area contributed by atoms with Crippen molar-refractivity contribution in [2.24, 2.45) is 5.92 Å². The first-order valence-electron chi connectivity index (χ1n) is 8.21. The summed E-state index contributed by atoms with van der Waals surface area (Å²) in [5.74, 6) is 1.66. The molecule has 1 unspecified atom stereocenters. The van der Waals surface area contributed by atoms with Crippen LogP contribution < -0.4 is 10.1 Å². The second kappa shape index (κ2) is 9.82. The Hall–Kier alpha value is -1.02. The standard InChI is InChI=1S/C18H31NO/c1-5-13-19-18(8-4)16-9-11-17(12-10-16)20-14-15(6-2)7-3/h9-12,15,18-19H,5-8,13-14H2,1-4H3. The smallest absolute Gasteiger partial charge is 0.119 e. The molecule has 1 N–H and O–H groups in total. The highest BCUT2D eigenvalue weighted by Crippen LogP contribution is 2.21. The summed E-state index contributed by atoms with van der Waals surface area (Å²) < 4.78 is 5.88. The molecule has 1 atom stereocenters. The first-order chi connectivity index (χ1) is 9.74. The highest BCUT2D eigenvalue weighted by Gasteiger charge is 2.08. The van der Waals surface area contributed by atoms with Gasteiger partial charge >= 0.3 is 0 Å². The van der Waals surface area contributed by atoms with Gasteiger partial charge < -0.3 is 10.1 Å². The fourth-order valence-corrected chi connectivity index (χ4v) is 2.35. The maximum Gasteiger partial charge on any atom is 0.119 e. The van der Waals surface area contributed by atoms with Gasteiger partial charge in [-0.1, -0.05) is 52.7 Å². The van der Waals surface area contributed by atoms with Crippen molar-refractivity contribution in [1.82, 2.24) is 5.32 Å². The van der Waals surface area contributed by atoms with Crippen LogP contribution in [-0.4, -0.2) is 13.2 Å². The fraction of sp³-hybridized carbons (Fsp3) is 0.667. The van der Waals surface area contributed by atoms with Crippen LogP contribution in [0.2, 0.25) is 0 Å². The maximum absolute atomic E-state index is 5.88. The van der Waals surface area contributed by atoms with Crippen molar-refractivity contribution in [1.29, 1.82) is 0 Å². The van der Waals surface area contributed by atoms with E-state index in [0.29, 0.717) is 12.0 Å². The quantitative estimate of drug-likeness (QED) is 0.653. The summed E-state index contributed by atoms with van der Waals surface area (Å²) in [4.78, 5) is 0. The van der Waals surface area contributed by atoms with Gasteiger partial charge in [0.25, 0.3) is 0 Å². The minimum atomic E-state index is 0.461. The molecule has 0 fully saturated rings. The maximum atomic E-state index is 5.88. The largest absolute Gasteiger partial charge is 0.493 e. The van der Waals surface area contributed by atoms with E-state index >= 15 is 0 Å². The van der Waals surface area contributed by atoms with Gasteiger partial charge in [0, 0.05) is 6.04 Å². The van der Waals surface area contributed by atoms with Crippen molar-refractivity contribution in [2.45, 2.75) is 59.4 Å². The summed E-state index contributed by atoms with van der Waals surface area (Å²) >= 11 is 0. The van der Waals surface area contributed by atoms with E-state index in [1.807, 2.05) is 0 Å². The molecule has 2 heteroatoms. The summed E-state index contributed by atoms with van der Waals surface area (Å²) in [6.45, 7) is 10.8. The van der Waals surface area contributed by atoms with E-state index in [1.165, 1.54) is 24.8 Å². The van der Waals surface area contributed by atoms with Crippen molar-refractivity contribution in [3.8, 4) is 5.75 Å². The van der Waals surface area contributed by atoms with Gasteiger partial charge in [0.15, 0.2) is 0 Å². The van der Waals surface area contributed by atoms with Crippen LogP contribution in [0, 0.1) is 5.92 Å². The van der Waals surface area contributed by atoms with Crippen LogP contribution in [0.4, 0.5) is 0 Å². The van der Waals surface area contributed by atoms with Crippen molar-refractivity contribution in [2.75, 3.05) is 13.2 Å². The molecule has 0 aliphatic heterocycles. The van der Waals surface area contributed by atoms with E-state index in [0.717, 1.165) is 25.3 Å². The predicted octanol–water partition coefficient (Wildman–Crippen LogP) is 4.95. The zero-order valence-electron chi connectivity index (χ0n) is 13.6. The molecule has 0 bridgehead atoms. The minimum absolute atomic E-state index is 0.461. The normalized spacial score (nSPS) is 12.7. The average Bonchev–Trinajstić information content (AvgIpc) is 2.50. The molecule has 0 aliphatic rings.